The molecule has 1 aromatic heterocycles. The summed E-state index contributed by atoms with van der Waals surface area (Å²) in [6.45, 7) is 5.72. The molecule has 1 fully saturated rings. The first-order valence-electron chi connectivity index (χ1n) is 9.58. The number of likely N-dealkylation sites (tertiary alicyclic amines) is 1. The fourth-order valence-electron chi connectivity index (χ4n) is 3.95. The molecule has 1 saturated heterocycles. The minimum atomic E-state index is 0.139. The Morgan fingerprint density at radius 1 is 1.11 bits per heavy atom. The van der Waals surface area contributed by atoms with Gasteiger partial charge in [0, 0.05) is 41.2 Å². The number of rotatable bonds is 3. The third-order valence-corrected chi connectivity index (χ3v) is 5.75. The maximum absolute atomic E-state index is 13.0. The van der Waals surface area contributed by atoms with Crippen LogP contribution < -0.4 is 4.74 Å². The van der Waals surface area contributed by atoms with Crippen LogP contribution in [0.2, 0.25) is 0 Å². The summed E-state index contributed by atoms with van der Waals surface area (Å²) < 4.78 is 5.33. The van der Waals surface area contributed by atoms with Gasteiger partial charge in [-0.1, -0.05) is 6.07 Å². The fraction of sp³-hybridized carbons (Fsp3) is 0.348. The number of H-pyrrole nitrogens is 1. The molecule has 1 aliphatic heterocycles. The van der Waals surface area contributed by atoms with E-state index in [1.807, 2.05) is 29.2 Å². The van der Waals surface area contributed by atoms with Crippen LogP contribution in [0.1, 0.15) is 45.9 Å². The lowest BCUT2D eigenvalue weighted by Gasteiger charge is -2.32. The standard InChI is InChI=1S/C23H26N2O2/c1-15-6-7-17(11-16(15)2)23(26)25-10-4-5-18(14-25)22-13-19-12-20(27-3)8-9-21(19)24-22/h6-9,11-13,18,24H,4-5,10,14H2,1-3H3. The molecule has 1 unspecified atom stereocenters. The van der Waals surface area contributed by atoms with Crippen LogP contribution in [0, 0.1) is 13.8 Å². The van der Waals surface area contributed by atoms with E-state index in [1.165, 1.54) is 16.8 Å². The number of carbonyl (C=O) groups excluding carboxylic acids is 1. The molecule has 2 heterocycles. The van der Waals surface area contributed by atoms with Crippen molar-refractivity contribution in [2.45, 2.75) is 32.6 Å². The zero-order valence-electron chi connectivity index (χ0n) is 16.2. The second kappa shape index (κ2) is 7.10. The minimum absolute atomic E-state index is 0.139. The van der Waals surface area contributed by atoms with Crippen LogP contribution in [0.25, 0.3) is 10.9 Å². The Morgan fingerprint density at radius 2 is 1.96 bits per heavy atom. The van der Waals surface area contributed by atoms with E-state index in [4.69, 9.17) is 4.74 Å². The number of hydrogen-bond acceptors (Lipinski definition) is 2. The molecule has 0 spiro atoms. The monoisotopic (exact) mass is 362 g/mol. The first kappa shape index (κ1) is 17.7. The molecular formula is C23H26N2O2. The molecule has 1 N–H and O–H groups in total. The van der Waals surface area contributed by atoms with E-state index in [0.717, 1.165) is 48.1 Å². The van der Waals surface area contributed by atoms with Crippen LogP contribution in [-0.4, -0.2) is 36.0 Å². The summed E-state index contributed by atoms with van der Waals surface area (Å²) >= 11 is 0. The minimum Gasteiger partial charge on any atom is -0.497 e. The number of carbonyl (C=O) groups is 1. The molecule has 27 heavy (non-hydrogen) atoms. The molecule has 4 nitrogen and oxygen atoms in total. The smallest absolute Gasteiger partial charge is 0.253 e. The van der Waals surface area contributed by atoms with Crippen LogP contribution in [0.15, 0.2) is 42.5 Å². The Kier molecular flexibility index (Phi) is 4.65. The number of aryl methyl sites for hydroxylation is 2. The van der Waals surface area contributed by atoms with Crippen molar-refractivity contribution in [2.24, 2.45) is 0 Å². The third kappa shape index (κ3) is 3.44. The number of methoxy groups -OCH3 is 1. The summed E-state index contributed by atoms with van der Waals surface area (Å²) in [6, 6.07) is 14.3. The number of piperidine rings is 1. The van der Waals surface area contributed by atoms with Crippen molar-refractivity contribution < 1.29 is 9.53 Å². The Labute approximate surface area is 160 Å². The highest BCUT2D eigenvalue weighted by atomic mass is 16.5. The van der Waals surface area contributed by atoms with Crippen molar-refractivity contribution >= 4 is 16.8 Å². The number of aromatic amines is 1. The van der Waals surface area contributed by atoms with Gasteiger partial charge < -0.3 is 14.6 Å². The second-order valence-electron chi connectivity index (χ2n) is 7.57. The molecule has 0 radical (unpaired) electrons. The number of ether oxygens (including phenoxy) is 1. The summed E-state index contributed by atoms with van der Waals surface area (Å²) in [6.07, 6.45) is 2.13. The lowest BCUT2D eigenvalue weighted by atomic mass is 9.94. The van der Waals surface area contributed by atoms with Gasteiger partial charge in [0.2, 0.25) is 0 Å². The van der Waals surface area contributed by atoms with Crippen LogP contribution in [-0.2, 0) is 0 Å². The predicted octanol–water partition coefficient (Wildman–Crippen LogP) is 4.81. The summed E-state index contributed by atoms with van der Waals surface area (Å²) in [7, 11) is 1.69. The van der Waals surface area contributed by atoms with Crippen LogP contribution in [0.5, 0.6) is 5.75 Å². The second-order valence-corrected chi connectivity index (χ2v) is 7.57. The maximum atomic E-state index is 13.0. The van der Waals surface area contributed by atoms with Crippen LogP contribution in [0.3, 0.4) is 0 Å². The van der Waals surface area contributed by atoms with E-state index in [1.54, 1.807) is 7.11 Å². The first-order chi connectivity index (χ1) is 13.0. The largest absolute Gasteiger partial charge is 0.497 e. The van der Waals surface area contributed by atoms with Crippen molar-refractivity contribution in [3.8, 4) is 5.75 Å². The van der Waals surface area contributed by atoms with E-state index < -0.39 is 0 Å². The summed E-state index contributed by atoms with van der Waals surface area (Å²) in [5.74, 6) is 1.34. The summed E-state index contributed by atoms with van der Waals surface area (Å²) in [5.41, 5.74) is 5.50. The number of nitrogens with zero attached hydrogens (tertiary/aromatic N) is 1. The van der Waals surface area contributed by atoms with Gasteiger partial charge in [0.1, 0.15) is 5.75 Å². The molecular weight excluding hydrogens is 336 g/mol. The lowest BCUT2D eigenvalue weighted by molar-refractivity contribution is 0.0706. The molecule has 4 rings (SSSR count). The van der Waals surface area contributed by atoms with Gasteiger partial charge >= 0.3 is 0 Å². The highest BCUT2D eigenvalue weighted by molar-refractivity contribution is 5.94. The van der Waals surface area contributed by atoms with Gasteiger partial charge in [0.25, 0.3) is 5.91 Å². The molecule has 4 heteroatoms. The van der Waals surface area contributed by atoms with E-state index in [0.29, 0.717) is 5.92 Å². The Bertz CT molecular complexity index is 989. The Hall–Kier alpha value is -2.75. The van der Waals surface area contributed by atoms with E-state index in [-0.39, 0.29) is 5.91 Å². The maximum Gasteiger partial charge on any atom is 0.253 e. The molecule has 0 bridgehead atoms. The third-order valence-electron chi connectivity index (χ3n) is 5.75. The quantitative estimate of drug-likeness (QED) is 0.726. The predicted molar refractivity (Wildman–Crippen MR) is 109 cm³/mol. The van der Waals surface area contributed by atoms with Crippen molar-refractivity contribution in [3.05, 3.63) is 64.8 Å². The molecule has 1 amide bonds. The summed E-state index contributed by atoms with van der Waals surface area (Å²) in [4.78, 5) is 18.5. The molecule has 0 saturated carbocycles. The van der Waals surface area contributed by atoms with Gasteiger partial charge in [-0.05, 0) is 74.2 Å². The molecule has 2 aromatic carbocycles. The molecule has 140 valence electrons. The summed E-state index contributed by atoms with van der Waals surface area (Å²) in [5, 5.41) is 1.15. The highest BCUT2D eigenvalue weighted by Crippen LogP contribution is 2.31. The van der Waals surface area contributed by atoms with Gasteiger partial charge in [-0.25, -0.2) is 0 Å². The van der Waals surface area contributed by atoms with Gasteiger partial charge in [-0.3, -0.25) is 4.79 Å². The number of amides is 1. The van der Waals surface area contributed by atoms with Crippen molar-refractivity contribution in [3.63, 3.8) is 0 Å². The Balaban J connectivity index is 1.55. The molecule has 0 aliphatic carbocycles. The van der Waals surface area contributed by atoms with E-state index in [2.05, 4.69) is 37.0 Å². The zero-order valence-corrected chi connectivity index (χ0v) is 16.2. The SMILES string of the molecule is COc1ccc2[nH]c(C3CCCN(C(=O)c4ccc(C)c(C)c4)C3)cc2c1. The molecule has 1 aliphatic rings. The van der Waals surface area contributed by atoms with E-state index >= 15 is 0 Å². The fourth-order valence-corrected chi connectivity index (χ4v) is 3.95. The van der Waals surface area contributed by atoms with E-state index in [9.17, 15) is 4.79 Å². The first-order valence-corrected chi connectivity index (χ1v) is 9.58. The molecule has 3 aromatic rings. The number of aromatic nitrogens is 1. The topological polar surface area (TPSA) is 45.3 Å². The number of fused-ring (bicyclic) bond motifs is 1. The van der Waals surface area contributed by atoms with Crippen LogP contribution >= 0.6 is 0 Å². The van der Waals surface area contributed by atoms with Gasteiger partial charge in [-0.2, -0.15) is 0 Å². The highest BCUT2D eigenvalue weighted by Gasteiger charge is 2.26. The van der Waals surface area contributed by atoms with Crippen molar-refractivity contribution in [1.82, 2.24) is 9.88 Å². The molecule has 1 atom stereocenters. The normalized spacial score (nSPS) is 17.3. The van der Waals surface area contributed by atoms with Crippen LogP contribution in [0.4, 0.5) is 0 Å². The Morgan fingerprint density at radius 3 is 2.74 bits per heavy atom. The number of nitrogens with one attached hydrogen (secondary N) is 1. The lowest BCUT2D eigenvalue weighted by Crippen LogP contribution is -2.39. The zero-order chi connectivity index (χ0) is 19.0. The van der Waals surface area contributed by atoms with Gasteiger partial charge in [-0.15, -0.1) is 0 Å². The van der Waals surface area contributed by atoms with Gasteiger partial charge in [0.05, 0.1) is 7.11 Å². The number of hydrogen-bond donors (Lipinski definition) is 1. The average molecular weight is 362 g/mol. The van der Waals surface area contributed by atoms with Crippen molar-refractivity contribution in [1.29, 1.82) is 0 Å². The van der Waals surface area contributed by atoms with Gasteiger partial charge in [0.15, 0.2) is 0 Å². The average Bonchev–Trinajstić information content (AvgIpc) is 3.13. The number of benzene rings is 2. The van der Waals surface area contributed by atoms with Crippen molar-refractivity contribution in [2.75, 3.05) is 20.2 Å².